The monoisotopic (exact) mass is 325 g/mol. The molecule has 0 bridgehead atoms. The van der Waals surface area contributed by atoms with Crippen molar-refractivity contribution in [1.29, 1.82) is 0 Å². The van der Waals surface area contributed by atoms with Gasteiger partial charge in [0.2, 0.25) is 11.8 Å². The lowest BCUT2D eigenvalue weighted by Gasteiger charge is -2.27. The fourth-order valence-electron chi connectivity index (χ4n) is 2.83. The number of para-hydroxylation sites is 1. The van der Waals surface area contributed by atoms with E-state index in [4.69, 9.17) is 11.5 Å². The lowest BCUT2D eigenvalue weighted by Crippen LogP contribution is -2.39. The maximum atomic E-state index is 12.0. The van der Waals surface area contributed by atoms with Gasteiger partial charge in [0, 0.05) is 24.1 Å². The lowest BCUT2D eigenvalue weighted by atomic mass is 9.85. The number of aryl methyl sites for hydroxylation is 1. The summed E-state index contributed by atoms with van der Waals surface area (Å²) in [6.07, 6.45) is 4.27. The van der Waals surface area contributed by atoms with Crippen molar-refractivity contribution in [2.45, 2.75) is 44.6 Å². The first-order valence-corrected chi connectivity index (χ1v) is 7.48. The summed E-state index contributed by atoms with van der Waals surface area (Å²) in [6.45, 7) is 0. The summed E-state index contributed by atoms with van der Waals surface area (Å²) in [7, 11) is 0. The molecule has 1 aromatic rings. The highest BCUT2D eigenvalue weighted by molar-refractivity contribution is 5.85. The summed E-state index contributed by atoms with van der Waals surface area (Å²) in [5.74, 6) is -0.206. The zero-order valence-corrected chi connectivity index (χ0v) is 13.4. The lowest BCUT2D eigenvalue weighted by molar-refractivity contribution is -0.123. The summed E-state index contributed by atoms with van der Waals surface area (Å²) in [5.41, 5.74) is 12.9. The summed E-state index contributed by atoms with van der Waals surface area (Å²) in [5, 5.41) is 3.04. The minimum Gasteiger partial charge on any atom is -0.399 e. The average molecular weight is 326 g/mol. The SMILES string of the molecule is Cl.NC(=O)C1CCC(NC(=O)CCc2ccccc2N)CC1. The second-order valence-electron chi connectivity index (χ2n) is 5.72. The standard InChI is InChI=1S/C16H23N3O2.ClH/c17-14-4-2-1-3-11(14)7-10-15(20)19-13-8-5-12(6-9-13)16(18)21;/h1-4,12-13H,5-10,17H2,(H2,18,21)(H,19,20);1H. The Morgan fingerprint density at radius 1 is 1.14 bits per heavy atom. The van der Waals surface area contributed by atoms with Gasteiger partial charge in [0.05, 0.1) is 0 Å². The number of carbonyl (C=O) groups is 2. The number of halogens is 1. The van der Waals surface area contributed by atoms with Crippen molar-refractivity contribution in [2.75, 3.05) is 5.73 Å². The molecular formula is C16H24ClN3O2. The highest BCUT2D eigenvalue weighted by atomic mass is 35.5. The highest BCUT2D eigenvalue weighted by Crippen LogP contribution is 2.24. The van der Waals surface area contributed by atoms with Crippen molar-refractivity contribution >= 4 is 29.9 Å². The van der Waals surface area contributed by atoms with E-state index in [-0.39, 0.29) is 36.2 Å². The van der Waals surface area contributed by atoms with E-state index in [9.17, 15) is 9.59 Å². The third kappa shape index (κ3) is 5.22. The molecular weight excluding hydrogens is 302 g/mol. The number of benzene rings is 1. The van der Waals surface area contributed by atoms with Crippen LogP contribution in [0.3, 0.4) is 0 Å². The van der Waals surface area contributed by atoms with Gasteiger partial charge in [-0.3, -0.25) is 9.59 Å². The Hall–Kier alpha value is -1.75. The van der Waals surface area contributed by atoms with Crippen LogP contribution in [-0.4, -0.2) is 17.9 Å². The van der Waals surface area contributed by atoms with Crippen LogP contribution in [0.4, 0.5) is 5.69 Å². The van der Waals surface area contributed by atoms with E-state index in [1.54, 1.807) is 0 Å². The van der Waals surface area contributed by atoms with E-state index in [2.05, 4.69) is 5.32 Å². The first kappa shape index (κ1) is 18.3. The van der Waals surface area contributed by atoms with Crippen LogP contribution in [-0.2, 0) is 16.0 Å². The number of hydrogen-bond donors (Lipinski definition) is 3. The van der Waals surface area contributed by atoms with Gasteiger partial charge in [0.15, 0.2) is 0 Å². The van der Waals surface area contributed by atoms with Gasteiger partial charge >= 0.3 is 0 Å². The second kappa shape index (κ2) is 8.63. The maximum absolute atomic E-state index is 12.0. The van der Waals surface area contributed by atoms with Crippen molar-refractivity contribution in [3.05, 3.63) is 29.8 Å². The topological polar surface area (TPSA) is 98.2 Å². The average Bonchev–Trinajstić information content (AvgIpc) is 2.47. The molecule has 1 aliphatic carbocycles. The molecule has 2 amide bonds. The molecule has 5 nitrogen and oxygen atoms in total. The fraction of sp³-hybridized carbons (Fsp3) is 0.500. The van der Waals surface area contributed by atoms with Gasteiger partial charge in [-0.1, -0.05) is 18.2 Å². The molecule has 0 unspecified atom stereocenters. The maximum Gasteiger partial charge on any atom is 0.220 e. The van der Waals surface area contributed by atoms with Gasteiger partial charge in [-0.05, 0) is 43.7 Å². The Morgan fingerprint density at radius 2 is 1.77 bits per heavy atom. The van der Waals surface area contributed by atoms with Crippen LogP contribution in [0, 0.1) is 5.92 Å². The van der Waals surface area contributed by atoms with Crippen LogP contribution in [0.25, 0.3) is 0 Å². The number of nitrogens with one attached hydrogen (secondary N) is 1. The minimum atomic E-state index is -0.223. The molecule has 22 heavy (non-hydrogen) atoms. The van der Waals surface area contributed by atoms with E-state index in [0.717, 1.165) is 36.9 Å². The number of amides is 2. The Labute approximate surface area is 137 Å². The van der Waals surface area contributed by atoms with Crippen LogP contribution in [0.15, 0.2) is 24.3 Å². The van der Waals surface area contributed by atoms with Crippen molar-refractivity contribution in [3.63, 3.8) is 0 Å². The van der Waals surface area contributed by atoms with E-state index in [1.807, 2.05) is 24.3 Å². The first-order valence-electron chi connectivity index (χ1n) is 7.48. The third-order valence-electron chi connectivity index (χ3n) is 4.17. The Kier molecular flexibility index (Phi) is 7.18. The molecule has 0 aliphatic heterocycles. The number of nitrogen functional groups attached to an aromatic ring is 1. The predicted octanol–water partition coefficient (Wildman–Crippen LogP) is 1.78. The molecule has 6 heteroatoms. The summed E-state index contributed by atoms with van der Waals surface area (Å²) in [6, 6.07) is 7.77. The number of primary amides is 1. The van der Waals surface area contributed by atoms with Crippen molar-refractivity contribution in [3.8, 4) is 0 Å². The van der Waals surface area contributed by atoms with E-state index in [1.165, 1.54) is 0 Å². The molecule has 122 valence electrons. The van der Waals surface area contributed by atoms with E-state index < -0.39 is 0 Å². The first-order chi connectivity index (χ1) is 10.1. The summed E-state index contributed by atoms with van der Waals surface area (Å²) < 4.78 is 0. The van der Waals surface area contributed by atoms with Gasteiger partial charge < -0.3 is 16.8 Å². The molecule has 1 saturated carbocycles. The molecule has 0 spiro atoms. The molecule has 0 aromatic heterocycles. The molecule has 5 N–H and O–H groups in total. The van der Waals surface area contributed by atoms with Crippen LogP contribution >= 0.6 is 12.4 Å². The predicted molar refractivity (Wildman–Crippen MR) is 89.5 cm³/mol. The van der Waals surface area contributed by atoms with Gasteiger partial charge in [0.1, 0.15) is 0 Å². The van der Waals surface area contributed by atoms with Gasteiger partial charge in [0.25, 0.3) is 0 Å². The summed E-state index contributed by atoms with van der Waals surface area (Å²) >= 11 is 0. The Bertz CT molecular complexity index is 514. The van der Waals surface area contributed by atoms with E-state index in [0.29, 0.717) is 12.8 Å². The normalized spacial score (nSPS) is 20.7. The number of anilines is 1. The number of hydrogen-bond acceptors (Lipinski definition) is 3. The van der Waals surface area contributed by atoms with Crippen LogP contribution < -0.4 is 16.8 Å². The van der Waals surface area contributed by atoms with Crippen molar-refractivity contribution in [2.24, 2.45) is 11.7 Å². The van der Waals surface area contributed by atoms with Crippen molar-refractivity contribution < 1.29 is 9.59 Å². The summed E-state index contributed by atoms with van der Waals surface area (Å²) in [4.78, 5) is 23.1. The molecule has 0 heterocycles. The quantitative estimate of drug-likeness (QED) is 0.720. The minimum absolute atomic E-state index is 0. The molecule has 1 fully saturated rings. The molecule has 0 atom stereocenters. The largest absolute Gasteiger partial charge is 0.399 e. The van der Waals surface area contributed by atoms with Gasteiger partial charge in [-0.2, -0.15) is 0 Å². The van der Waals surface area contributed by atoms with Crippen LogP contribution in [0.1, 0.15) is 37.7 Å². The highest BCUT2D eigenvalue weighted by Gasteiger charge is 2.25. The van der Waals surface area contributed by atoms with Gasteiger partial charge in [-0.15, -0.1) is 12.4 Å². The molecule has 1 aromatic carbocycles. The molecule has 0 radical (unpaired) electrons. The zero-order valence-electron chi connectivity index (χ0n) is 12.6. The van der Waals surface area contributed by atoms with E-state index >= 15 is 0 Å². The molecule has 1 aliphatic rings. The van der Waals surface area contributed by atoms with Crippen molar-refractivity contribution in [1.82, 2.24) is 5.32 Å². The van der Waals surface area contributed by atoms with Crippen LogP contribution in [0.2, 0.25) is 0 Å². The number of carbonyl (C=O) groups excluding carboxylic acids is 2. The Balaban J connectivity index is 0.00000242. The zero-order chi connectivity index (χ0) is 15.2. The fourth-order valence-corrected chi connectivity index (χ4v) is 2.83. The molecule has 2 rings (SSSR count). The second-order valence-corrected chi connectivity index (χ2v) is 5.72. The smallest absolute Gasteiger partial charge is 0.220 e. The van der Waals surface area contributed by atoms with Crippen LogP contribution in [0.5, 0.6) is 0 Å². The Morgan fingerprint density at radius 3 is 2.36 bits per heavy atom. The number of nitrogens with two attached hydrogens (primary N) is 2. The van der Waals surface area contributed by atoms with Gasteiger partial charge in [-0.25, -0.2) is 0 Å². The number of rotatable bonds is 5. The third-order valence-corrected chi connectivity index (χ3v) is 4.17. The molecule has 0 saturated heterocycles.